The maximum Gasteiger partial charge on any atom is 0.281 e. The van der Waals surface area contributed by atoms with Gasteiger partial charge in [0.1, 0.15) is 11.4 Å². The number of aromatic hydroxyl groups is 1. The molecule has 5 heteroatoms. The van der Waals surface area contributed by atoms with Gasteiger partial charge in [-0.05, 0) is 55.0 Å². The number of hydrogen-bond donors (Lipinski definition) is 2. The second kappa shape index (κ2) is 5.61. The smallest absolute Gasteiger partial charge is 0.281 e. The zero-order valence-electron chi connectivity index (χ0n) is 11.9. The molecule has 22 heavy (non-hydrogen) atoms. The summed E-state index contributed by atoms with van der Waals surface area (Å²) < 4.78 is 0. The number of rotatable bonds is 2. The molecular weight excluding hydrogens is 296 g/mol. The highest BCUT2D eigenvalue weighted by molar-refractivity contribution is 7.80. The molecule has 2 N–H and O–H groups in total. The lowest BCUT2D eigenvalue weighted by Gasteiger charge is -2.13. The molecule has 110 valence electrons. The van der Waals surface area contributed by atoms with Crippen LogP contribution < -0.4 is 10.2 Å². The van der Waals surface area contributed by atoms with Gasteiger partial charge in [0.25, 0.3) is 5.91 Å². The molecular formula is C17H14N2O2S. The summed E-state index contributed by atoms with van der Waals surface area (Å²) in [6.45, 7) is 1.99. The van der Waals surface area contributed by atoms with E-state index in [1.54, 1.807) is 30.3 Å². The van der Waals surface area contributed by atoms with Crippen molar-refractivity contribution in [3.63, 3.8) is 0 Å². The average molecular weight is 310 g/mol. The Labute approximate surface area is 133 Å². The topological polar surface area (TPSA) is 52.6 Å². The molecule has 2 aromatic rings. The van der Waals surface area contributed by atoms with Crippen LogP contribution in [-0.2, 0) is 4.79 Å². The molecule has 1 aliphatic heterocycles. The molecule has 1 aliphatic rings. The summed E-state index contributed by atoms with van der Waals surface area (Å²) in [6.07, 6.45) is 1.71. The van der Waals surface area contributed by atoms with Crippen molar-refractivity contribution in [2.75, 3.05) is 4.90 Å². The molecule has 0 unspecified atom stereocenters. The SMILES string of the molecule is Cc1ccc(N2C(=O)/C(=C\c3ccc(O)cc3)NC2=S)cc1. The van der Waals surface area contributed by atoms with E-state index in [4.69, 9.17) is 12.2 Å². The number of phenols is 1. The third-order valence-electron chi connectivity index (χ3n) is 3.37. The minimum Gasteiger partial charge on any atom is -0.508 e. The highest BCUT2D eigenvalue weighted by atomic mass is 32.1. The van der Waals surface area contributed by atoms with E-state index in [0.29, 0.717) is 10.8 Å². The normalized spacial score (nSPS) is 16.2. The molecule has 0 bridgehead atoms. The lowest BCUT2D eigenvalue weighted by Crippen LogP contribution is -2.30. The molecule has 4 nitrogen and oxygen atoms in total. The van der Waals surface area contributed by atoms with Crippen LogP contribution in [0.4, 0.5) is 5.69 Å². The zero-order chi connectivity index (χ0) is 15.7. The van der Waals surface area contributed by atoms with Gasteiger partial charge in [0.15, 0.2) is 5.11 Å². The Balaban J connectivity index is 1.91. The Hall–Kier alpha value is -2.66. The minimum absolute atomic E-state index is 0.185. The van der Waals surface area contributed by atoms with Crippen LogP contribution in [0.25, 0.3) is 6.08 Å². The number of benzene rings is 2. The predicted octanol–water partition coefficient (Wildman–Crippen LogP) is 2.96. The van der Waals surface area contributed by atoms with E-state index >= 15 is 0 Å². The number of thiocarbonyl (C=S) groups is 1. The van der Waals surface area contributed by atoms with Crippen molar-refractivity contribution in [3.05, 3.63) is 65.4 Å². The maximum absolute atomic E-state index is 12.5. The van der Waals surface area contributed by atoms with Crippen molar-refractivity contribution in [2.45, 2.75) is 6.92 Å². The molecule has 1 saturated heterocycles. The summed E-state index contributed by atoms with van der Waals surface area (Å²) in [6, 6.07) is 14.2. The number of aryl methyl sites for hydroxylation is 1. The highest BCUT2D eigenvalue weighted by Crippen LogP contribution is 2.23. The Bertz CT molecular complexity index is 764. The number of nitrogens with zero attached hydrogens (tertiary/aromatic N) is 1. The van der Waals surface area contributed by atoms with Gasteiger partial charge in [-0.25, -0.2) is 0 Å². The number of carbonyl (C=O) groups excluding carboxylic acids is 1. The van der Waals surface area contributed by atoms with Gasteiger partial charge in [-0.2, -0.15) is 0 Å². The molecule has 1 amide bonds. The number of nitrogens with one attached hydrogen (secondary N) is 1. The van der Waals surface area contributed by atoms with E-state index in [1.807, 2.05) is 31.2 Å². The van der Waals surface area contributed by atoms with Gasteiger partial charge in [0.05, 0.1) is 5.69 Å². The first-order chi connectivity index (χ1) is 10.5. The molecule has 0 aromatic heterocycles. The van der Waals surface area contributed by atoms with Crippen molar-refractivity contribution < 1.29 is 9.90 Å². The van der Waals surface area contributed by atoms with Gasteiger partial charge in [0.2, 0.25) is 0 Å². The number of anilines is 1. The first-order valence-corrected chi connectivity index (χ1v) is 7.18. The van der Waals surface area contributed by atoms with Gasteiger partial charge < -0.3 is 10.4 Å². The van der Waals surface area contributed by atoms with Gasteiger partial charge in [-0.3, -0.25) is 9.69 Å². The van der Waals surface area contributed by atoms with Crippen LogP contribution in [-0.4, -0.2) is 16.1 Å². The second-order valence-corrected chi connectivity index (χ2v) is 5.44. The first-order valence-electron chi connectivity index (χ1n) is 6.77. The molecule has 0 spiro atoms. The van der Waals surface area contributed by atoms with Crippen molar-refractivity contribution in [1.82, 2.24) is 5.32 Å². The predicted molar refractivity (Wildman–Crippen MR) is 90.5 cm³/mol. The van der Waals surface area contributed by atoms with Crippen LogP contribution in [0.1, 0.15) is 11.1 Å². The molecule has 0 atom stereocenters. The number of hydrogen-bond acceptors (Lipinski definition) is 3. The number of amides is 1. The Morgan fingerprint density at radius 2 is 1.73 bits per heavy atom. The van der Waals surface area contributed by atoms with E-state index in [2.05, 4.69) is 5.32 Å². The summed E-state index contributed by atoms with van der Waals surface area (Å²) in [7, 11) is 0. The van der Waals surface area contributed by atoms with E-state index in [0.717, 1.165) is 16.8 Å². The quantitative estimate of drug-likeness (QED) is 0.661. The molecule has 3 rings (SSSR count). The van der Waals surface area contributed by atoms with Crippen molar-refractivity contribution in [1.29, 1.82) is 0 Å². The summed E-state index contributed by atoms with van der Waals surface area (Å²) in [5.41, 5.74) is 3.08. The molecule has 1 heterocycles. The highest BCUT2D eigenvalue weighted by Gasteiger charge is 2.31. The molecule has 0 aliphatic carbocycles. The summed E-state index contributed by atoms with van der Waals surface area (Å²) >= 11 is 5.26. The van der Waals surface area contributed by atoms with Crippen molar-refractivity contribution in [2.24, 2.45) is 0 Å². The second-order valence-electron chi connectivity index (χ2n) is 5.06. The lowest BCUT2D eigenvalue weighted by molar-refractivity contribution is -0.113. The van der Waals surface area contributed by atoms with E-state index in [-0.39, 0.29) is 11.7 Å². The van der Waals surface area contributed by atoms with Crippen LogP contribution in [0.3, 0.4) is 0 Å². The molecule has 1 fully saturated rings. The standard InChI is InChI=1S/C17H14N2O2S/c1-11-2-6-13(7-3-11)19-16(21)15(18-17(19)22)10-12-4-8-14(20)9-5-12/h2-10,20H,1H3,(H,18,22)/b15-10+. The van der Waals surface area contributed by atoms with Gasteiger partial charge in [0, 0.05) is 0 Å². The Morgan fingerprint density at radius 1 is 1.09 bits per heavy atom. The van der Waals surface area contributed by atoms with Crippen LogP contribution >= 0.6 is 12.2 Å². The fourth-order valence-electron chi connectivity index (χ4n) is 2.20. The summed E-state index contributed by atoms with van der Waals surface area (Å²) in [4.78, 5) is 14.0. The van der Waals surface area contributed by atoms with Crippen LogP contribution in [0, 0.1) is 6.92 Å². The van der Waals surface area contributed by atoms with Crippen LogP contribution in [0.2, 0.25) is 0 Å². The number of phenolic OH excluding ortho intramolecular Hbond substituents is 1. The van der Waals surface area contributed by atoms with Crippen molar-refractivity contribution >= 4 is 35.0 Å². The first kappa shape index (κ1) is 14.3. The zero-order valence-corrected chi connectivity index (χ0v) is 12.7. The Kier molecular flexibility index (Phi) is 3.65. The maximum atomic E-state index is 12.5. The minimum atomic E-state index is -0.193. The van der Waals surface area contributed by atoms with Crippen LogP contribution in [0.15, 0.2) is 54.2 Å². The summed E-state index contributed by atoms with van der Waals surface area (Å²) in [5, 5.41) is 12.6. The van der Waals surface area contributed by atoms with Gasteiger partial charge in [-0.1, -0.05) is 29.8 Å². The fraction of sp³-hybridized carbons (Fsp3) is 0.0588. The molecule has 2 aromatic carbocycles. The third-order valence-corrected chi connectivity index (χ3v) is 3.66. The summed E-state index contributed by atoms with van der Waals surface area (Å²) in [5.74, 6) is -0.00779. The van der Waals surface area contributed by atoms with Crippen LogP contribution in [0.5, 0.6) is 5.75 Å². The van der Waals surface area contributed by atoms with Gasteiger partial charge in [-0.15, -0.1) is 0 Å². The monoisotopic (exact) mass is 310 g/mol. The fourth-order valence-corrected chi connectivity index (χ4v) is 2.50. The number of carbonyl (C=O) groups is 1. The van der Waals surface area contributed by atoms with E-state index in [1.165, 1.54) is 4.90 Å². The van der Waals surface area contributed by atoms with Crippen molar-refractivity contribution in [3.8, 4) is 5.75 Å². The van der Waals surface area contributed by atoms with E-state index < -0.39 is 0 Å². The van der Waals surface area contributed by atoms with Gasteiger partial charge >= 0.3 is 0 Å². The largest absolute Gasteiger partial charge is 0.508 e. The average Bonchev–Trinajstić information content (AvgIpc) is 2.77. The third kappa shape index (κ3) is 2.71. The molecule has 0 radical (unpaired) electrons. The molecule has 0 saturated carbocycles. The lowest BCUT2D eigenvalue weighted by atomic mass is 10.2. The van der Waals surface area contributed by atoms with E-state index in [9.17, 15) is 9.90 Å². The Morgan fingerprint density at radius 3 is 2.36 bits per heavy atom.